The second-order valence-corrected chi connectivity index (χ2v) is 10.1. The lowest BCUT2D eigenvalue weighted by atomic mass is 9.69. The number of carboxylic acid groups (broad SMARTS) is 1. The third kappa shape index (κ3) is 4.30. The predicted octanol–water partition coefficient (Wildman–Crippen LogP) is 5.23. The van der Waals surface area contributed by atoms with E-state index in [9.17, 15) is 15.0 Å². The number of hydrogen-bond acceptors (Lipinski definition) is 5. The van der Waals surface area contributed by atoms with Gasteiger partial charge in [-0.05, 0) is 73.1 Å². The third-order valence-electron chi connectivity index (χ3n) is 7.21. The molecule has 33 heavy (non-hydrogen) atoms. The highest BCUT2D eigenvalue weighted by atomic mass is 35.5. The van der Waals surface area contributed by atoms with Gasteiger partial charge in [0, 0.05) is 29.4 Å². The zero-order valence-electron chi connectivity index (χ0n) is 18.9. The van der Waals surface area contributed by atoms with Gasteiger partial charge < -0.3 is 20.3 Å². The Labute approximate surface area is 204 Å². The van der Waals surface area contributed by atoms with Gasteiger partial charge in [-0.25, -0.2) is 4.79 Å². The average Bonchev–Trinajstić information content (AvgIpc) is 3.02. The minimum atomic E-state index is -1.10. The van der Waals surface area contributed by atoms with Crippen molar-refractivity contribution >= 4 is 34.9 Å². The minimum absolute atomic E-state index is 0.0371. The lowest BCUT2D eigenvalue weighted by molar-refractivity contribution is -0.145. The minimum Gasteiger partial charge on any atom is -0.497 e. The Morgan fingerprint density at radius 2 is 1.97 bits per heavy atom. The molecule has 0 saturated heterocycles. The predicted molar refractivity (Wildman–Crippen MR) is 130 cm³/mol. The van der Waals surface area contributed by atoms with Gasteiger partial charge in [-0.2, -0.15) is 0 Å². The number of carboxylic acids is 1. The van der Waals surface area contributed by atoms with E-state index in [4.69, 9.17) is 27.9 Å². The summed E-state index contributed by atoms with van der Waals surface area (Å²) in [5, 5.41) is 23.8. The van der Waals surface area contributed by atoms with E-state index in [1.807, 2.05) is 31.2 Å². The first-order valence-electron chi connectivity index (χ1n) is 11.2. The Morgan fingerprint density at radius 1 is 1.24 bits per heavy atom. The van der Waals surface area contributed by atoms with Crippen molar-refractivity contribution in [2.24, 2.45) is 5.92 Å². The van der Waals surface area contributed by atoms with Gasteiger partial charge in [0.05, 0.1) is 7.11 Å². The van der Waals surface area contributed by atoms with Crippen molar-refractivity contribution in [1.82, 2.24) is 4.90 Å². The summed E-state index contributed by atoms with van der Waals surface area (Å²) in [5.41, 5.74) is 0.929. The molecule has 1 aliphatic heterocycles. The lowest BCUT2D eigenvalue weighted by Crippen LogP contribution is -2.55. The molecule has 1 heterocycles. The highest BCUT2D eigenvalue weighted by Gasteiger charge is 2.56. The lowest BCUT2D eigenvalue weighted by Gasteiger charge is -2.49. The van der Waals surface area contributed by atoms with E-state index in [2.05, 4.69) is 10.2 Å². The number of alkyl halides is 1. The highest BCUT2D eigenvalue weighted by Crippen LogP contribution is 2.57. The summed E-state index contributed by atoms with van der Waals surface area (Å²) in [5.74, 6) is -0.0878. The second-order valence-electron chi connectivity index (χ2n) is 9.28. The number of rotatable bonds is 7. The van der Waals surface area contributed by atoms with Gasteiger partial charge in [0.15, 0.2) is 0 Å². The van der Waals surface area contributed by atoms with E-state index in [1.165, 1.54) is 0 Å². The van der Waals surface area contributed by atoms with E-state index in [0.29, 0.717) is 42.9 Å². The van der Waals surface area contributed by atoms with Gasteiger partial charge >= 0.3 is 5.97 Å². The van der Waals surface area contributed by atoms with E-state index in [0.717, 1.165) is 16.9 Å². The van der Waals surface area contributed by atoms with Crippen molar-refractivity contribution in [3.8, 4) is 5.75 Å². The summed E-state index contributed by atoms with van der Waals surface area (Å²) in [6.07, 6.45) is 2.04. The second kappa shape index (κ2) is 9.34. The quantitative estimate of drug-likeness (QED) is 0.362. The molecule has 8 heteroatoms. The first-order valence-corrected chi connectivity index (χ1v) is 12.0. The van der Waals surface area contributed by atoms with Crippen molar-refractivity contribution < 1.29 is 19.7 Å². The zero-order chi connectivity index (χ0) is 23.8. The number of hydrogen-bond donors (Lipinski definition) is 3. The Bertz CT molecular complexity index is 1020. The highest BCUT2D eigenvalue weighted by molar-refractivity contribution is 6.30. The maximum atomic E-state index is 12.5. The number of aliphatic carboxylic acids is 1. The van der Waals surface area contributed by atoms with Crippen LogP contribution in [0.2, 0.25) is 5.02 Å². The largest absolute Gasteiger partial charge is 0.497 e. The van der Waals surface area contributed by atoms with Crippen molar-refractivity contribution in [3.05, 3.63) is 58.6 Å². The number of nitrogens with zero attached hydrogens (tertiary/aromatic N) is 1. The van der Waals surface area contributed by atoms with Crippen LogP contribution >= 0.6 is 23.2 Å². The first kappa shape index (κ1) is 24.1. The van der Waals surface area contributed by atoms with Crippen LogP contribution in [0.5, 0.6) is 5.75 Å². The summed E-state index contributed by atoms with van der Waals surface area (Å²) in [4.78, 5) is 14.7. The molecule has 1 unspecified atom stereocenters. The topological polar surface area (TPSA) is 82.0 Å². The van der Waals surface area contributed by atoms with Crippen LogP contribution in [-0.2, 0) is 10.3 Å². The van der Waals surface area contributed by atoms with Crippen LogP contribution in [0.1, 0.15) is 49.2 Å². The molecular weight excluding hydrogens is 463 g/mol. The molecule has 178 valence electrons. The maximum absolute atomic E-state index is 12.5. The fourth-order valence-electron chi connectivity index (χ4n) is 5.36. The molecule has 2 aliphatic rings. The summed E-state index contributed by atoms with van der Waals surface area (Å²) in [7, 11) is 1.64. The van der Waals surface area contributed by atoms with E-state index in [-0.39, 0.29) is 18.0 Å². The molecule has 1 fully saturated rings. The first-order chi connectivity index (χ1) is 15.7. The van der Waals surface area contributed by atoms with Gasteiger partial charge in [0.2, 0.25) is 0 Å². The van der Waals surface area contributed by atoms with Gasteiger partial charge in [-0.15, -0.1) is 11.6 Å². The molecule has 3 N–H and O–H groups in total. The van der Waals surface area contributed by atoms with Crippen LogP contribution < -0.4 is 10.1 Å². The molecule has 0 radical (unpaired) electrons. The van der Waals surface area contributed by atoms with Gasteiger partial charge in [-0.3, -0.25) is 4.90 Å². The average molecular weight is 493 g/mol. The number of methoxy groups -OCH3 is 1. The Morgan fingerprint density at radius 3 is 2.58 bits per heavy atom. The van der Waals surface area contributed by atoms with Gasteiger partial charge in [0.25, 0.3) is 0 Å². The SMILES string of the molecule is COc1ccc2c(c1)C1(CCC(Nc3cccc(Cl)c3)(C(=O)O)CC1)N(C[C@@H](C)CO)C2Cl. The Kier molecular flexibility index (Phi) is 6.83. The van der Waals surface area contributed by atoms with Crippen molar-refractivity contribution in [1.29, 1.82) is 0 Å². The summed E-state index contributed by atoms with van der Waals surface area (Å²) in [6.45, 7) is 2.67. The molecule has 0 amide bonds. The summed E-state index contributed by atoms with van der Waals surface area (Å²) < 4.78 is 5.50. The van der Waals surface area contributed by atoms with Crippen LogP contribution in [0, 0.1) is 5.92 Å². The molecule has 0 bridgehead atoms. The standard InChI is InChI=1S/C25H30Cl2N2O4/c1-16(15-30)14-29-22(27)20-7-6-19(33-2)13-21(20)25(29)10-8-24(9-11-25,23(31)32)28-18-5-3-4-17(26)12-18/h3-7,12-13,16,22,28,30H,8-11,14-15H2,1-2H3,(H,31,32)/t16-,22?,24?,25?/m1/s1. The van der Waals surface area contributed by atoms with E-state index >= 15 is 0 Å². The van der Waals surface area contributed by atoms with Gasteiger partial charge in [-0.1, -0.05) is 30.7 Å². The van der Waals surface area contributed by atoms with Crippen LogP contribution in [0.25, 0.3) is 0 Å². The number of anilines is 1. The molecular formula is C25H30Cl2N2O4. The number of aliphatic hydroxyl groups excluding tert-OH is 1. The Balaban J connectivity index is 1.70. The van der Waals surface area contributed by atoms with E-state index in [1.54, 1.807) is 25.3 Å². The van der Waals surface area contributed by atoms with Crippen LogP contribution in [0.15, 0.2) is 42.5 Å². The fraction of sp³-hybridized carbons (Fsp3) is 0.480. The van der Waals surface area contributed by atoms with Crippen LogP contribution in [0.3, 0.4) is 0 Å². The molecule has 1 spiro atoms. The molecule has 2 aromatic rings. The van der Waals surface area contributed by atoms with Crippen molar-refractivity contribution in [2.75, 3.05) is 25.6 Å². The molecule has 0 aromatic heterocycles. The van der Waals surface area contributed by atoms with Crippen molar-refractivity contribution in [3.63, 3.8) is 0 Å². The molecule has 6 nitrogen and oxygen atoms in total. The number of ether oxygens (including phenoxy) is 1. The number of benzene rings is 2. The number of carbonyl (C=O) groups is 1. The van der Waals surface area contributed by atoms with Crippen molar-refractivity contribution in [2.45, 2.75) is 49.2 Å². The fourth-order valence-corrected chi connectivity index (χ4v) is 6.00. The van der Waals surface area contributed by atoms with Gasteiger partial charge in [0.1, 0.15) is 16.8 Å². The van der Waals surface area contributed by atoms with Crippen LogP contribution in [-0.4, -0.2) is 46.9 Å². The zero-order valence-corrected chi connectivity index (χ0v) is 20.4. The molecule has 2 atom stereocenters. The molecule has 1 saturated carbocycles. The number of halogens is 2. The number of aliphatic hydroxyl groups is 1. The number of fused-ring (bicyclic) bond motifs is 2. The Hall–Kier alpha value is -1.99. The third-order valence-corrected chi connectivity index (χ3v) is 7.92. The molecule has 4 rings (SSSR count). The van der Waals surface area contributed by atoms with E-state index < -0.39 is 17.0 Å². The molecule has 2 aromatic carbocycles. The maximum Gasteiger partial charge on any atom is 0.329 e. The smallest absolute Gasteiger partial charge is 0.329 e. The number of nitrogens with one attached hydrogen (secondary N) is 1. The monoisotopic (exact) mass is 492 g/mol. The van der Waals surface area contributed by atoms with Crippen LogP contribution in [0.4, 0.5) is 5.69 Å². The summed E-state index contributed by atoms with van der Waals surface area (Å²) >= 11 is 13.1. The normalized spacial score (nSPS) is 27.8. The molecule has 1 aliphatic carbocycles. The summed E-state index contributed by atoms with van der Waals surface area (Å²) in [6, 6.07) is 13.1.